The van der Waals surface area contributed by atoms with Gasteiger partial charge in [0.05, 0.1) is 24.0 Å². The molecule has 0 radical (unpaired) electrons. The summed E-state index contributed by atoms with van der Waals surface area (Å²) in [5.41, 5.74) is 0.961. The fourth-order valence-corrected chi connectivity index (χ4v) is 0.851. The third-order valence-corrected chi connectivity index (χ3v) is 1.49. The van der Waals surface area contributed by atoms with E-state index in [2.05, 4.69) is 11.1 Å². The van der Waals surface area contributed by atoms with E-state index in [0.29, 0.717) is 0 Å². The van der Waals surface area contributed by atoms with Crippen LogP contribution in [0.2, 0.25) is 0 Å². The monoisotopic (exact) mass is 135 g/mol. The second-order valence-electron chi connectivity index (χ2n) is 2.28. The maximum atomic E-state index is 8.54. The maximum Gasteiger partial charge on any atom is 0.0945 e. The van der Waals surface area contributed by atoms with Crippen molar-refractivity contribution in [1.82, 2.24) is 9.55 Å². The minimum absolute atomic E-state index is 0.0625. The summed E-state index contributed by atoms with van der Waals surface area (Å²) < 4.78 is 1.86. The van der Waals surface area contributed by atoms with Gasteiger partial charge in [0, 0.05) is 13.2 Å². The van der Waals surface area contributed by atoms with Crippen molar-refractivity contribution in [2.24, 2.45) is 7.05 Å². The minimum atomic E-state index is -0.0625. The largest absolute Gasteiger partial charge is 0.337 e. The Morgan fingerprint density at radius 3 is 2.90 bits per heavy atom. The molecule has 0 fully saturated rings. The highest BCUT2D eigenvalue weighted by Gasteiger charge is 2.05. The lowest BCUT2D eigenvalue weighted by molar-refractivity contribution is 0.791. The van der Waals surface area contributed by atoms with Crippen molar-refractivity contribution in [2.75, 3.05) is 0 Å². The van der Waals surface area contributed by atoms with Crippen LogP contribution in [-0.2, 0) is 7.05 Å². The molecule has 1 aromatic rings. The Morgan fingerprint density at radius 1 is 1.80 bits per heavy atom. The lowest BCUT2D eigenvalue weighted by atomic mass is 10.1. The number of aromatic nitrogens is 2. The normalized spacial score (nSPS) is 12.5. The number of hydrogen-bond acceptors (Lipinski definition) is 2. The summed E-state index contributed by atoms with van der Waals surface area (Å²) in [4.78, 5) is 3.90. The molecule has 1 unspecified atom stereocenters. The maximum absolute atomic E-state index is 8.54. The molecule has 10 heavy (non-hydrogen) atoms. The zero-order chi connectivity index (χ0) is 7.56. The van der Waals surface area contributed by atoms with Crippen LogP contribution in [0.3, 0.4) is 0 Å². The Bertz CT molecular complexity index is 256. The average molecular weight is 135 g/mol. The van der Waals surface area contributed by atoms with Crippen LogP contribution in [0.4, 0.5) is 0 Å². The van der Waals surface area contributed by atoms with Gasteiger partial charge in [-0.2, -0.15) is 5.26 Å². The van der Waals surface area contributed by atoms with E-state index in [1.165, 1.54) is 0 Å². The molecule has 0 saturated carbocycles. The van der Waals surface area contributed by atoms with Crippen LogP contribution in [0.15, 0.2) is 12.5 Å². The molecule has 1 aromatic heterocycles. The lowest BCUT2D eigenvalue weighted by Crippen LogP contribution is -1.97. The topological polar surface area (TPSA) is 41.6 Å². The van der Waals surface area contributed by atoms with E-state index < -0.39 is 0 Å². The number of rotatable bonds is 1. The third-order valence-electron chi connectivity index (χ3n) is 1.49. The summed E-state index contributed by atoms with van der Waals surface area (Å²) in [7, 11) is 1.89. The molecule has 52 valence electrons. The first-order valence-corrected chi connectivity index (χ1v) is 3.11. The SMILES string of the molecule is CC(C#N)c1cncn1C. The molecule has 0 saturated heterocycles. The first-order valence-electron chi connectivity index (χ1n) is 3.11. The van der Waals surface area contributed by atoms with E-state index in [1.807, 2.05) is 18.5 Å². The van der Waals surface area contributed by atoms with Crippen LogP contribution >= 0.6 is 0 Å². The summed E-state index contributed by atoms with van der Waals surface area (Å²) >= 11 is 0. The standard InChI is InChI=1S/C7H9N3/c1-6(3-8)7-4-9-5-10(7)2/h4-6H,1-2H3. The summed E-state index contributed by atoms with van der Waals surface area (Å²) in [5, 5.41) is 8.54. The van der Waals surface area contributed by atoms with Crippen molar-refractivity contribution >= 4 is 0 Å². The first-order chi connectivity index (χ1) is 4.75. The van der Waals surface area contributed by atoms with Gasteiger partial charge in [-0.25, -0.2) is 4.98 Å². The zero-order valence-corrected chi connectivity index (χ0v) is 6.07. The summed E-state index contributed by atoms with van der Waals surface area (Å²) in [6.45, 7) is 1.86. The predicted octanol–water partition coefficient (Wildman–Crippen LogP) is 1.05. The van der Waals surface area contributed by atoms with E-state index in [0.717, 1.165) is 5.69 Å². The van der Waals surface area contributed by atoms with E-state index in [-0.39, 0.29) is 5.92 Å². The van der Waals surface area contributed by atoms with Crippen LogP contribution in [0.5, 0.6) is 0 Å². The minimum Gasteiger partial charge on any atom is -0.337 e. The smallest absolute Gasteiger partial charge is 0.0945 e. The van der Waals surface area contributed by atoms with Gasteiger partial charge in [-0.1, -0.05) is 0 Å². The lowest BCUT2D eigenvalue weighted by Gasteiger charge is -2.00. The van der Waals surface area contributed by atoms with Gasteiger partial charge in [0.2, 0.25) is 0 Å². The summed E-state index contributed by atoms with van der Waals surface area (Å²) in [6.07, 6.45) is 3.41. The molecule has 1 rings (SSSR count). The fourth-order valence-electron chi connectivity index (χ4n) is 0.851. The number of imidazole rings is 1. The zero-order valence-electron chi connectivity index (χ0n) is 6.07. The fraction of sp³-hybridized carbons (Fsp3) is 0.429. The third kappa shape index (κ3) is 1.01. The van der Waals surface area contributed by atoms with E-state index in [9.17, 15) is 0 Å². The van der Waals surface area contributed by atoms with Gasteiger partial charge in [0.1, 0.15) is 0 Å². The van der Waals surface area contributed by atoms with Crippen molar-refractivity contribution in [3.63, 3.8) is 0 Å². The number of aryl methyl sites for hydroxylation is 1. The number of nitriles is 1. The molecule has 0 bridgehead atoms. The second kappa shape index (κ2) is 2.53. The molecule has 0 aliphatic heterocycles. The Morgan fingerprint density at radius 2 is 2.50 bits per heavy atom. The Kier molecular flexibility index (Phi) is 1.72. The molecule has 0 spiro atoms. The molecule has 0 aliphatic carbocycles. The molecule has 0 aliphatic rings. The molecular formula is C7H9N3. The quantitative estimate of drug-likeness (QED) is 0.577. The van der Waals surface area contributed by atoms with Crippen molar-refractivity contribution in [3.8, 4) is 6.07 Å². The van der Waals surface area contributed by atoms with Crippen molar-refractivity contribution in [3.05, 3.63) is 18.2 Å². The van der Waals surface area contributed by atoms with Gasteiger partial charge < -0.3 is 4.57 Å². The molecule has 3 heteroatoms. The first kappa shape index (κ1) is 6.81. The highest BCUT2D eigenvalue weighted by molar-refractivity contribution is 5.12. The molecule has 0 N–H and O–H groups in total. The molecule has 1 heterocycles. The van der Waals surface area contributed by atoms with Crippen LogP contribution in [0, 0.1) is 11.3 Å². The van der Waals surface area contributed by atoms with E-state index in [1.54, 1.807) is 12.5 Å². The van der Waals surface area contributed by atoms with Gasteiger partial charge in [0.15, 0.2) is 0 Å². The van der Waals surface area contributed by atoms with Gasteiger partial charge in [-0.3, -0.25) is 0 Å². The van der Waals surface area contributed by atoms with Crippen LogP contribution in [0.25, 0.3) is 0 Å². The molecule has 0 aromatic carbocycles. The van der Waals surface area contributed by atoms with Crippen LogP contribution in [0.1, 0.15) is 18.5 Å². The van der Waals surface area contributed by atoms with Gasteiger partial charge in [-0.15, -0.1) is 0 Å². The predicted molar refractivity (Wildman–Crippen MR) is 37.2 cm³/mol. The summed E-state index contributed by atoms with van der Waals surface area (Å²) in [6, 6.07) is 2.15. The molecule has 3 nitrogen and oxygen atoms in total. The van der Waals surface area contributed by atoms with Crippen LogP contribution < -0.4 is 0 Å². The van der Waals surface area contributed by atoms with Crippen molar-refractivity contribution in [1.29, 1.82) is 5.26 Å². The average Bonchev–Trinajstić information content (AvgIpc) is 2.34. The Balaban J connectivity index is 2.96. The Hall–Kier alpha value is -1.30. The van der Waals surface area contributed by atoms with E-state index in [4.69, 9.17) is 5.26 Å². The second-order valence-corrected chi connectivity index (χ2v) is 2.28. The van der Waals surface area contributed by atoms with Crippen LogP contribution in [-0.4, -0.2) is 9.55 Å². The summed E-state index contributed by atoms with van der Waals surface area (Å²) in [5.74, 6) is -0.0625. The number of hydrogen-bond donors (Lipinski definition) is 0. The number of nitrogens with zero attached hydrogens (tertiary/aromatic N) is 3. The highest BCUT2D eigenvalue weighted by Crippen LogP contribution is 2.10. The van der Waals surface area contributed by atoms with E-state index >= 15 is 0 Å². The van der Waals surface area contributed by atoms with Gasteiger partial charge in [-0.05, 0) is 6.92 Å². The van der Waals surface area contributed by atoms with Gasteiger partial charge >= 0.3 is 0 Å². The molecule has 0 amide bonds. The Labute approximate surface area is 59.9 Å². The highest BCUT2D eigenvalue weighted by atomic mass is 15.0. The molecular weight excluding hydrogens is 126 g/mol. The van der Waals surface area contributed by atoms with Gasteiger partial charge in [0.25, 0.3) is 0 Å². The van der Waals surface area contributed by atoms with Crippen molar-refractivity contribution in [2.45, 2.75) is 12.8 Å². The molecule has 1 atom stereocenters. The van der Waals surface area contributed by atoms with Crippen molar-refractivity contribution < 1.29 is 0 Å².